The summed E-state index contributed by atoms with van der Waals surface area (Å²) >= 11 is 0. The fourth-order valence-electron chi connectivity index (χ4n) is 2.56. The number of nitrogens with zero attached hydrogens (tertiary/aromatic N) is 4. The van der Waals surface area contributed by atoms with Gasteiger partial charge in [-0.15, -0.1) is 5.10 Å². The standard InChI is InChI=1S/C17H16F3N5O/c1-24(2)14-8-7-11(17(18,19)20)9-13(14)21-16(26)10-25-15-6-4-3-5-12(15)22-23-25/h3-9H,10H2,1-2H3,(H,21,26). The second-order valence-electron chi connectivity index (χ2n) is 5.91. The van der Waals surface area contributed by atoms with Crippen molar-refractivity contribution in [2.75, 3.05) is 24.3 Å². The van der Waals surface area contributed by atoms with E-state index >= 15 is 0 Å². The molecule has 1 aromatic heterocycles. The van der Waals surface area contributed by atoms with Gasteiger partial charge in [0, 0.05) is 14.1 Å². The van der Waals surface area contributed by atoms with Crippen LogP contribution in [-0.2, 0) is 17.5 Å². The molecule has 1 amide bonds. The molecule has 0 saturated heterocycles. The molecule has 0 spiro atoms. The SMILES string of the molecule is CN(C)c1ccc(C(F)(F)F)cc1NC(=O)Cn1nnc2ccccc21. The summed E-state index contributed by atoms with van der Waals surface area (Å²) < 4.78 is 40.3. The van der Waals surface area contributed by atoms with E-state index in [1.54, 1.807) is 43.3 Å². The van der Waals surface area contributed by atoms with Crippen molar-refractivity contribution >= 4 is 28.3 Å². The lowest BCUT2D eigenvalue weighted by atomic mass is 10.1. The number of alkyl halides is 3. The summed E-state index contributed by atoms with van der Waals surface area (Å²) in [6.07, 6.45) is -4.49. The smallest absolute Gasteiger partial charge is 0.376 e. The highest BCUT2D eigenvalue weighted by Crippen LogP contribution is 2.34. The third-order valence-corrected chi connectivity index (χ3v) is 3.79. The predicted octanol–water partition coefficient (Wildman–Crippen LogP) is 3.15. The maximum Gasteiger partial charge on any atom is 0.416 e. The number of carbonyl (C=O) groups excluding carboxylic acids is 1. The van der Waals surface area contributed by atoms with Crippen LogP contribution in [0.25, 0.3) is 11.0 Å². The Hall–Kier alpha value is -3.10. The molecular formula is C17H16F3N5O. The normalized spacial score (nSPS) is 11.6. The molecule has 0 atom stereocenters. The van der Waals surface area contributed by atoms with E-state index in [1.807, 2.05) is 0 Å². The number of amides is 1. The Morgan fingerprint density at radius 3 is 2.62 bits per heavy atom. The Kier molecular flexibility index (Phi) is 4.54. The zero-order valence-corrected chi connectivity index (χ0v) is 14.1. The van der Waals surface area contributed by atoms with Crippen LogP contribution in [0.1, 0.15) is 5.56 Å². The van der Waals surface area contributed by atoms with Gasteiger partial charge < -0.3 is 10.2 Å². The molecule has 1 heterocycles. The van der Waals surface area contributed by atoms with Crippen LogP contribution in [0.5, 0.6) is 0 Å². The number of fused-ring (bicyclic) bond motifs is 1. The van der Waals surface area contributed by atoms with Crippen LogP contribution in [0, 0.1) is 0 Å². The molecule has 26 heavy (non-hydrogen) atoms. The molecule has 3 aromatic rings. The van der Waals surface area contributed by atoms with E-state index < -0.39 is 17.6 Å². The van der Waals surface area contributed by atoms with Crippen molar-refractivity contribution in [3.05, 3.63) is 48.0 Å². The second kappa shape index (κ2) is 6.66. The van der Waals surface area contributed by atoms with E-state index in [4.69, 9.17) is 0 Å². The van der Waals surface area contributed by atoms with Crippen molar-refractivity contribution in [1.29, 1.82) is 0 Å². The summed E-state index contributed by atoms with van der Waals surface area (Å²) in [5.74, 6) is -0.497. The van der Waals surface area contributed by atoms with E-state index in [9.17, 15) is 18.0 Å². The number of aromatic nitrogens is 3. The number of benzene rings is 2. The van der Waals surface area contributed by atoms with Gasteiger partial charge in [0.2, 0.25) is 5.91 Å². The summed E-state index contributed by atoms with van der Waals surface area (Å²) in [4.78, 5) is 14.0. The van der Waals surface area contributed by atoms with Gasteiger partial charge in [0.1, 0.15) is 12.1 Å². The van der Waals surface area contributed by atoms with E-state index in [0.717, 1.165) is 12.1 Å². The van der Waals surface area contributed by atoms with Crippen molar-refractivity contribution in [1.82, 2.24) is 15.0 Å². The number of halogens is 3. The quantitative estimate of drug-likeness (QED) is 0.774. The summed E-state index contributed by atoms with van der Waals surface area (Å²) in [6, 6.07) is 10.3. The number of rotatable bonds is 4. The average Bonchev–Trinajstić information content (AvgIpc) is 2.97. The minimum atomic E-state index is -4.49. The second-order valence-corrected chi connectivity index (χ2v) is 5.91. The van der Waals surface area contributed by atoms with Crippen LogP contribution in [0.2, 0.25) is 0 Å². The first-order chi connectivity index (χ1) is 12.3. The Morgan fingerprint density at radius 1 is 1.19 bits per heavy atom. The highest BCUT2D eigenvalue weighted by Gasteiger charge is 2.31. The lowest BCUT2D eigenvalue weighted by Crippen LogP contribution is -2.22. The molecule has 136 valence electrons. The molecule has 0 bridgehead atoms. The van der Waals surface area contributed by atoms with Gasteiger partial charge in [-0.25, -0.2) is 4.68 Å². The average molecular weight is 363 g/mol. The lowest BCUT2D eigenvalue weighted by molar-refractivity contribution is -0.137. The zero-order valence-electron chi connectivity index (χ0n) is 14.1. The van der Waals surface area contributed by atoms with Crippen LogP contribution in [0.4, 0.5) is 24.5 Å². The van der Waals surface area contributed by atoms with Crippen molar-refractivity contribution in [2.24, 2.45) is 0 Å². The van der Waals surface area contributed by atoms with Gasteiger partial charge in [0.15, 0.2) is 0 Å². The van der Waals surface area contributed by atoms with Gasteiger partial charge in [-0.3, -0.25) is 4.79 Å². The van der Waals surface area contributed by atoms with Gasteiger partial charge in [0.05, 0.1) is 22.5 Å². The van der Waals surface area contributed by atoms with Gasteiger partial charge in [-0.2, -0.15) is 13.2 Å². The summed E-state index contributed by atoms with van der Waals surface area (Å²) in [5, 5.41) is 10.4. The fourth-order valence-corrected chi connectivity index (χ4v) is 2.56. The molecule has 0 aliphatic rings. The molecule has 1 N–H and O–H groups in total. The zero-order chi connectivity index (χ0) is 18.9. The third kappa shape index (κ3) is 3.61. The fraction of sp³-hybridized carbons (Fsp3) is 0.235. The van der Waals surface area contributed by atoms with Crippen LogP contribution in [0.3, 0.4) is 0 Å². The molecular weight excluding hydrogens is 347 g/mol. The van der Waals surface area contributed by atoms with Gasteiger partial charge >= 0.3 is 6.18 Å². The van der Waals surface area contributed by atoms with Crippen molar-refractivity contribution < 1.29 is 18.0 Å². The first-order valence-corrected chi connectivity index (χ1v) is 7.72. The predicted molar refractivity (Wildman–Crippen MR) is 91.9 cm³/mol. The molecule has 0 unspecified atom stereocenters. The maximum absolute atomic E-state index is 13.0. The molecule has 6 nitrogen and oxygen atoms in total. The lowest BCUT2D eigenvalue weighted by Gasteiger charge is -2.19. The minimum Gasteiger partial charge on any atom is -0.376 e. The molecule has 0 radical (unpaired) electrons. The Bertz CT molecular complexity index is 949. The Labute approximate surface area is 147 Å². The highest BCUT2D eigenvalue weighted by molar-refractivity contribution is 5.95. The van der Waals surface area contributed by atoms with Crippen LogP contribution in [-0.4, -0.2) is 35.0 Å². The van der Waals surface area contributed by atoms with Crippen LogP contribution < -0.4 is 10.2 Å². The molecule has 3 rings (SSSR count). The van der Waals surface area contributed by atoms with E-state index in [1.165, 1.54) is 10.7 Å². The van der Waals surface area contributed by atoms with E-state index in [2.05, 4.69) is 15.6 Å². The largest absolute Gasteiger partial charge is 0.416 e. The number of para-hydroxylation sites is 1. The molecule has 2 aromatic carbocycles. The van der Waals surface area contributed by atoms with Crippen molar-refractivity contribution in [2.45, 2.75) is 12.7 Å². The number of anilines is 2. The highest BCUT2D eigenvalue weighted by atomic mass is 19.4. The van der Waals surface area contributed by atoms with Gasteiger partial charge in [-0.05, 0) is 30.3 Å². The van der Waals surface area contributed by atoms with Crippen LogP contribution >= 0.6 is 0 Å². The number of hydrogen-bond acceptors (Lipinski definition) is 4. The van der Waals surface area contributed by atoms with Gasteiger partial charge in [-0.1, -0.05) is 17.3 Å². The van der Waals surface area contributed by atoms with E-state index in [0.29, 0.717) is 16.7 Å². The number of nitrogens with one attached hydrogen (secondary N) is 1. The Morgan fingerprint density at radius 2 is 1.92 bits per heavy atom. The maximum atomic E-state index is 13.0. The first kappa shape index (κ1) is 17.7. The summed E-state index contributed by atoms with van der Waals surface area (Å²) in [6.45, 7) is -0.163. The van der Waals surface area contributed by atoms with Gasteiger partial charge in [0.25, 0.3) is 0 Å². The molecule has 0 aliphatic carbocycles. The van der Waals surface area contributed by atoms with Crippen molar-refractivity contribution in [3.63, 3.8) is 0 Å². The van der Waals surface area contributed by atoms with E-state index in [-0.39, 0.29) is 12.2 Å². The number of hydrogen-bond donors (Lipinski definition) is 1. The summed E-state index contributed by atoms with van der Waals surface area (Å²) in [7, 11) is 3.37. The molecule has 0 aliphatic heterocycles. The Balaban J connectivity index is 1.86. The molecule has 9 heteroatoms. The first-order valence-electron chi connectivity index (χ1n) is 7.72. The van der Waals surface area contributed by atoms with Crippen LogP contribution in [0.15, 0.2) is 42.5 Å². The number of carbonyl (C=O) groups is 1. The molecule has 0 saturated carbocycles. The third-order valence-electron chi connectivity index (χ3n) is 3.79. The molecule has 0 fully saturated rings. The van der Waals surface area contributed by atoms with Crippen molar-refractivity contribution in [3.8, 4) is 0 Å². The monoisotopic (exact) mass is 363 g/mol. The topological polar surface area (TPSA) is 63.1 Å². The minimum absolute atomic E-state index is 0.0826. The summed E-state index contributed by atoms with van der Waals surface area (Å²) in [5.41, 5.74) is 1.02.